The number of aromatic nitrogens is 3. The molecule has 0 spiro atoms. The van der Waals surface area contributed by atoms with Crippen LogP contribution in [-0.4, -0.2) is 28.9 Å². The number of anilines is 1. The standard InChI is InChI=1S/C30H30N4O3S/c1-3-4-5-13-20-37-25-19-12-10-17-23(25)28-33(29(36)21-14-7-6-8-15-21)24-18-11-9-16-22(24)26-27(35)31-30(38-2)32-34(26)28/h6-12,14-19,28H,3-5,13,20H2,1-2H3/p+1/t28-/m0/s1. The van der Waals surface area contributed by atoms with Gasteiger partial charge in [-0.3, -0.25) is 14.6 Å². The minimum atomic E-state index is -0.729. The molecule has 4 aromatic rings. The first-order chi connectivity index (χ1) is 18.6. The lowest BCUT2D eigenvalue weighted by atomic mass is 9.99. The molecule has 2 heterocycles. The van der Waals surface area contributed by atoms with Crippen LogP contribution in [-0.2, 0) is 0 Å². The van der Waals surface area contributed by atoms with E-state index in [0.717, 1.165) is 31.2 Å². The third kappa shape index (κ3) is 4.96. The highest BCUT2D eigenvalue weighted by Gasteiger charge is 2.47. The van der Waals surface area contributed by atoms with Gasteiger partial charge in [0.05, 0.1) is 23.4 Å². The molecule has 1 aromatic heterocycles. The van der Waals surface area contributed by atoms with Crippen molar-refractivity contribution in [3.8, 4) is 17.0 Å². The van der Waals surface area contributed by atoms with Crippen LogP contribution in [0.3, 0.4) is 0 Å². The molecule has 38 heavy (non-hydrogen) atoms. The fourth-order valence-corrected chi connectivity index (χ4v) is 5.18. The predicted molar refractivity (Wildman–Crippen MR) is 150 cm³/mol. The van der Waals surface area contributed by atoms with Crippen LogP contribution in [0.5, 0.6) is 5.75 Å². The van der Waals surface area contributed by atoms with Gasteiger partial charge in [0, 0.05) is 10.7 Å². The summed E-state index contributed by atoms with van der Waals surface area (Å²) in [6.45, 7) is 2.75. The van der Waals surface area contributed by atoms with Gasteiger partial charge in [0.25, 0.3) is 12.1 Å². The van der Waals surface area contributed by atoms with E-state index in [0.29, 0.717) is 40.0 Å². The largest absolute Gasteiger partial charge is 0.493 e. The molecular formula is C30H31N4O3S+. The summed E-state index contributed by atoms with van der Waals surface area (Å²) in [5, 5.41) is 5.28. The number of carbonyl (C=O) groups is 1. The molecule has 1 amide bonds. The van der Waals surface area contributed by atoms with Crippen LogP contribution in [0, 0.1) is 0 Å². The Balaban J connectivity index is 1.71. The van der Waals surface area contributed by atoms with Gasteiger partial charge < -0.3 is 4.74 Å². The summed E-state index contributed by atoms with van der Waals surface area (Å²) in [5.41, 5.74) is 2.74. The fourth-order valence-electron chi connectivity index (χ4n) is 4.82. The minimum Gasteiger partial charge on any atom is -0.493 e. The minimum absolute atomic E-state index is 0.188. The van der Waals surface area contributed by atoms with Gasteiger partial charge in [0.2, 0.25) is 5.16 Å². The van der Waals surface area contributed by atoms with Crippen molar-refractivity contribution < 1.29 is 14.2 Å². The van der Waals surface area contributed by atoms with E-state index < -0.39 is 6.17 Å². The van der Waals surface area contributed by atoms with Crippen LogP contribution in [0.1, 0.15) is 54.7 Å². The Morgan fingerprint density at radius 2 is 1.74 bits per heavy atom. The molecule has 0 unspecified atom stereocenters. The molecular weight excluding hydrogens is 496 g/mol. The average Bonchev–Trinajstić information content (AvgIpc) is 2.96. The van der Waals surface area contributed by atoms with Gasteiger partial charge in [0.15, 0.2) is 0 Å². The number of amides is 1. The van der Waals surface area contributed by atoms with E-state index in [1.807, 2.05) is 73.0 Å². The van der Waals surface area contributed by atoms with Gasteiger partial charge in [-0.1, -0.05) is 80.4 Å². The van der Waals surface area contributed by atoms with Crippen molar-refractivity contribution in [2.24, 2.45) is 0 Å². The summed E-state index contributed by atoms with van der Waals surface area (Å²) in [7, 11) is 0. The molecule has 0 fully saturated rings. The third-order valence-electron chi connectivity index (χ3n) is 6.64. The summed E-state index contributed by atoms with van der Waals surface area (Å²) < 4.78 is 7.96. The Morgan fingerprint density at radius 1 is 1.00 bits per heavy atom. The van der Waals surface area contributed by atoms with E-state index in [2.05, 4.69) is 11.9 Å². The number of nitrogens with zero attached hydrogens (tertiary/aromatic N) is 3. The molecule has 1 N–H and O–H groups in total. The topological polar surface area (TPSA) is 79.2 Å². The molecule has 1 aliphatic heterocycles. The first-order valence-electron chi connectivity index (χ1n) is 12.9. The monoisotopic (exact) mass is 527 g/mol. The lowest BCUT2D eigenvalue weighted by Crippen LogP contribution is -2.61. The number of para-hydroxylation sites is 2. The second kappa shape index (κ2) is 11.6. The molecule has 1 atom stereocenters. The SMILES string of the molecule is CCCCCCOc1ccccc1[C@H]1N(C(=O)c2ccccc2)c2ccccc2-c2c(=O)[nH]c(SC)n[n+]21. The molecule has 0 saturated heterocycles. The number of hydrogen-bond acceptors (Lipinski definition) is 5. The molecule has 0 bridgehead atoms. The normalized spacial score (nSPS) is 14.1. The third-order valence-corrected chi connectivity index (χ3v) is 7.21. The molecule has 7 nitrogen and oxygen atoms in total. The fraction of sp³-hybridized carbons (Fsp3) is 0.267. The van der Waals surface area contributed by atoms with Gasteiger partial charge >= 0.3 is 11.3 Å². The highest BCUT2D eigenvalue weighted by atomic mass is 32.2. The van der Waals surface area contributed by atoms with Crippen LogP contribution in [0.25, 0.3) is 11.3 Å². The highest BCUT2D eigenvalue weighted by molar-refractivity contribution is 7.98. The maximum atomic E-state index is 14.2. The van der Waals surface area contributed by atoms with Crippen molar-refractivity contribution in [3.05, 3.63) is 100 Å². The first-order valence-corrected chi connectivity index (χ1v) is 14.2. The molecule has 5 rings (SSSR count). The van der Waals surface area contributed by atoms with Crippen molar-refractivity contribution in [1.82, 2.24) is 10.1 Å². The molecule has 8 heteroatoms. The highest BCUT2D eigenvalue weighted by Crippen LogP contribution is 2.40. The number of ether oxygens (including phenoxy) is 1. The second-order valence-electron chi connectivity index (χ2n) is 9.14. The summed E-state index contributed by atoms with van der Waals surface area (Å²) in [6, 6.07) is 24.4. The smallest absolute Gasteiger partial charge is 0.325 e. The van der Waals surface area contributed by atoms with Crippen molar-refractivity contribution >= 4 is 23.4 Å². The lowest BCUT2D eigenvalue weighted by molar-refractivity contribution is -0.763. The Labute approximate surface area is 226 Å². The van der Waals surface area contributed by atoms with Gasteiger partial charge in [0.1, 0.15) is 5.75 Å². The van der Waals surface area contributed by atoms with Crippen LogP contribution < -0.4 is 19.9 Å². The van der Waals surface area contributed by atoms with Crippen LogP contribution >= 0.6 is 11.8 Å². The Hall–Kier alpha value is -3.91. The average molecular weight is 528 g/mol. The van der Waals surface area contributed by atoms with E-state index in [9.17, 15) is 9.59 Å². The maximum Gasteiger partial charge on any atom is 0.325 e. The number of aromatic amines is 1. The Kier molecular flexibility index (Phi) is 7.89. The first kappa shape index (κ1) is 25.7. The van der Waals surface area contributed by atoms with Crippen molar-refractivity contribution in [2.45, 2.75) is 43.9 Å². The lowest BCUT2D eigenvalue weighted by Gasteiger charge is -2.32. The van der Waals surface area contributed by atoms with Crippen LogP contribution in [0.4, 0.5) is 5.69 Å². The second-order valence-corrected chi connectivity index (χ2v) is 9.93. The molecule has 194 valence electrons. The van der Waals surface area contributed by atoms with Gasteiger partial charge in [-0.25, -0.2) is 4.90 Å². The number of benzene rings is 3. The number of H-pyrrole nitrogens is 1. The zero-order valence-electron chi connectivity index (χ0n) is 21.6. The van der Waals surface area contributed by atoms with Gasteiger partial charge in [-0.05, 0) is 53.8 Å². The summed E-state index contributed by atoms with van der Waals surface area (Å²) in [5.74, 6) is 0.484. The van der Waals surface area contributed by atoms with Crippen LogP contribution in [0.15, 0.2) is 88.8 Å². The van der Waals surface area contributed by atoms with Crippen molar-refractivity contribution in [1.29, 1.82) is 0 Å². The molecule has 3 aromatic carbocycles. The van der Waals surface area contributed by atoms with E-state index >= 15 is 0 Å². The molecule has 0 aliphatic carbocycles. The summed E-state index contributed by atoms with van der Waals surface area (Å²) in [6.07, 6.45) is 5.49. The quantitative estimate of drug-likeness (QED) is 0.174. The van der Waals surface area contributed by atoms with E-state index in [1.54, 1.807) is 21.7 Å². The van der Waals surface area contributed by atoms with Gasteiger partial charge in [-0.15, -0.1) is 0 Å². The zero-order chi connectivity index (χ0) is 26.5. The summed E-state index contributed by atoms with van der Waals surface area (Å²) >= 11 is 1.34. The molecule has 1 aliphatic rings. The predicted octanol–water partition coefficient (Wildman–Crippen LogP) is 5.61. The molecule has 0 radical (unpaired) electrons. The van der Waals surface area contributed by atoms with Gasteiger partial charge in [-0.2, -0.15) is 0 Å². The Morgan fingerprint density at radius 3 is 2.53 bits per heavy atom. The van der Waals surface area contributed by atoms with Crippen molar-refractivity contribution in [2.75, 3.05) is 17.8 Å². The Bertz CT molecular complexity index is 1490. The number of nitrogens with one attached hydrogen (secondary N) is 1. The number of hydrogen-bond donors (Lipinski definition) is 1. The number of unbranched alkanes of at least 4 members (excludes halogenated alkanes) is 3. The van der Waals surface area contributed by atoms with E-state index in [-0.39, 0.29) is 11.5 Å². The van der Waals surface area contributed by atoms with Crippen LogP contribution in [0.2, 0.25) is 0 Å². The number of carbonyl (C=O) groups excluding carboxylic acids is 1. The van der Waals surface area contributed by atoms with Crippen molar-refractivity contribution in [3.63, 3.8) is 0 Å². The molecule has 0 saturated carbocycles. The number of rotatable bonds is 9. The maximum absolute atomic E-state index is 14.2. The number of fused-ring (bicyclic) bond motifs is 3. The summed E-state index contributed by atoms with van der Waals surface area (Å²) in [4.78, 5) is 32.2. The van der Waals surface area contributed by atoms with E-state index in [4.69, 9.17) is 9.84 Å². The zero-order valence-corrected chi connectivity index (χ0v) is 22.4. The number of thioether (sulfide) groups is 1. The van der Waals surface area contributed by atoms with E-state index in [1.165, 1.54) is 11.8 Å².